The molecular weight excluding hydrogens is 390 g/mol. The second kappa shape index (κ2) is 11.5. The Morgan fingerprint density at radius 2 is 1.61 bits per heavy atom. The lowest BCUT2D eigenvalue weighted by Crippen LogP contribution is -2.37. The first-order valence-electron chi connectivity index (χ1n) is 12.0. The molecule has 174 valence electrons. The monoisotopic (exact) mass is 431 g/mol. The molecule has 31 heavy (non-hydrogen) atoms. The number of ether oxygens (including phenoxy) is 1. The summed E-state index contributed by atoms with van der Waals surface area (Å²) in [5, 5.41) is 21.1. The fraction of sp³-hybridized carbons (Fsp3) is 0.692. The summed E-state index contributed by atoms with van der Waals surface area (Å²) in [6.45, 7) is 9.99. The van der Waals surface area contributed by atoms with E-state index in [1.165, 1.54) is 37.7 Å². The number of hydrogen-bond acceptors (Lipinski definition) is 4. The number of nitro groups is 1. The molecule has 1 unspecified atom stereocenters. The van der Waals surface area contributed by atoms with E-state index in [2.05, 4.69) is 13.8 Å². The van der Waals surface area contributed by atoms with Crippen molar-refractivity contribution >= 4 is 0 Å². The molecule has 5 heteroatoms. The van der Waals surface area contributed by atoms with Gasteiger partial charge in [-0.05, 0) is 89.5 Å². The van der Waals surface area contributed by atoms with Crippen molar-refractivity contribution in [3.05, 3.63) is 44.1 Å². The van der Waals surface area contributed by atoms with Crippen LogP contribution >= 0.6 is 0 Å². The lowest BCUT2D eigenvalue weighted by atomic mass is 9.84. The second-order valence-electron chi connectivity index (χ2n) is 9.45. The number of unbranched alkanes of at least 4 members (excludes halogenated alkanes) is 7. The molecule has 0 radical (unpaired) electrons. The Bertz CT molecular complexity index is 799. The molecule has 1 atom stereocenters. The quantitative estimate of drug-likeness (QED) is 0.211. The molecule has 0 aromatic heterocycles. The van der Waals surface area contributed by atoms with Crippen molar-refractivity contribution in [2.24, 2.45) is 0 Å². The molecule has 0 saturated heterocycles. The summed E-state index contributed by atoms with van der Waals surface area (Å²) in [5.74, 6) is 1.42. The molecule has 1 aromatic rings. The molecular formula is C26H41NO4. The van der Waals surface area contributed by atoms with E-state index in [1.807, 2.05) is 13.8 Å². The maximum absolute atomic E-state index is 10.8. The number of hydrogen-bond donors (Lipinski definition) is 1. The van der Waals surface area contributed by atoms with Crippen LogP contribution in [0.1, 0.15) is 107 Å². The SMILES string of the molecule is C/C=C(/CCCCCCCCCCC1(C)CCc2c(C)c(O)c(C)c(C)c2O1)[N+](=O)[O-]. The molecule has 0 bridgehead atoms. The van der Waals surface area contributed by atoms with Crippen LogP contribution in [0.25, 0.3) is 0 Å². The lowest BCUT2D eigenvalue weighted by molar-refractivity contribution is -0.428. The van der Waals surface area contributed by atoms with E-state index in [4.69, 9.17) is 4.74 Å². The van der Waals surface area contributed by atoms with Crippen molar-refractivity contribution in [2.45, 2.75) is 117 Å². The highest BCUT2D eigenvalue weighted by atomic mass is 16.6. The minimum Gasteiger partial charge on any atom is -0.507 e. The first-order chi connectivity index (χ1) is 14.7. The van der Waals surface area contributed by atoms with Crippen molar-refractivity contribution in [3.63, 3.8) is 0 Å². The van der Waals surface area contributed by atoms with Crippen molar-refractivity contribution in [2.75, 3.05) is 0 Å². The highest BCUT2D eigenvalue weighted by molar-refractivity contribution is 5.58. The zero-order valence-corrected chi connectivity index (χ0v) is 20.2. The van der Waals surface area contributed by atoms with Gasteiger partial charge in [-0.2, -0.15) is 0 Å². The fourth-order valence-corrected chi connectivity index (χ4v) is 4.68. The first kappa shape index (κ1) is 25.2. The van der Waals surface area contributed by atoms with Gasteiger partial charge < -0.3 is 9.84 Å². The average molecular weight is 432 g/mol. The van der Waals surface area contributed by atoms with Crippen LogP contribution in [-0.2, 0) is 6.42 Å². The van der Waals surface area contributed by atoms with Crippen molar-refractivity contribution in [3.8, 4) is 11.5 Å². The fourth-order valence-electron chi connectivity index (χ4n) is 4.68. The molecule has 0 spiro atoms. The Morgan fingerprint density at radius 3 is 2.19 bits per heavy atom. The van der Waals surface area contributed by atoms with Crippen LogP contribution in [0.2, 0.25) is 0 Å². The summed E-state index contributed by atoms with van der Waals surface area (Å²) < 4.78 is 6.52. The van der Waals surface area contributed by atoms with E-state index in [9.17, 15) is 15.2 Å². The number of nitrogens with zero attached hydrogens (tertiary/aromatic N) is 1. The summed E-state index contributed by atoms with van der Waals surface area (Å²) in [5.41, 5.74) is 4.39. The molecule has 1 aromatic carbocycles. The van der Waals surface area contributed by atoms with Gasteiger partial charge in [-0.3, -0.25) is 10.1 Å². The molecule has 0 amide bonds. The first-order valence-corrected chi connectivity index (χ1v) is 12.0. The lowest BCUT2D eigenvalue weighted by Gasteiger charge is -2.38. The molecule has 0 aliphatic carbocycles. The third kappa shape index (κ3) is 6.72. The molecule has 1 aliphatic rings. The summed E-state index contributed by atoms with van der Waals surface area (Å²) in [6, 6.07) is 0. The summed E-state index contributed by atoms with van der Waals surface area (Å²) >= 11 is 0. The smallest absolute Gasteiger partial charge is 0.242 e. The minimum absolute atomic E-state index is 0.116. The van der Waals surface area contributed by atoms with E-state index in [-0.39, 0.29) is 10.5 Å². The van der Waals surface area contributed by atoms with Crippen molar-refractivity contribution in [1.82, 2.24) is 0 Å². The topological polar surface area (TPSA) is 72.6 Å². The van der Waals surface area contributed by atoms with Gasteiger partial charge in [0.05, 0.1) is 4.92 Å². The van der Waals surface area contributed by atoms with Crippen molar-refractivity contribution in [1.29, 1.82) is 0 Å². The van der Waals surface area contributed by atoms with Gasteiger partial charge in [-0.25, -0.2) is 0 Å². The van der Waals surface area contributed by atoms with Crippen LogP contribution in [-0.4, -0.2) is 15.6 Å². The molecule has 1 N–H and O–H groups in total. The van der Waals surface area contributed by atoms with E-state index in [1.54, 1.807) is 13.0 Å². The van der Waals surface area contributed by atoms with Crippen LogP contribution in [0.3, 0.4) is 0 Å². The van der Waals surface area contributed by atoms with Gasteiger partial charge in [0.25, 0.3) is 0 Å². The molecule has 0 fully saturated rings. The van der Waals surface area contributed by atoms with Crippen LogP contribution < -0.4 is 4.74 Å². The van der Waals surface area contributed by atoms with E-state index in [0.717, 1.165) is 61.0 Å². The largest absolute Gasteiger partial charge is 0.507 e. The average Bonchev–Trinajstić information content (AvgIpc) is 2.74. The highest BCUT2D eigenvalue weighted by Gasteiger charge is 2.34. The predicted molar refractivity (Wildman–Crippen MR) is 127 cm³/mol. The van der Waals surface area contributed by atoms with Crippen LogP contribution in [0.4, 0.5) is 0 Å². The summed E-state index contributed by atoms with van der Waals surface area (Å²) in [6.07, 6.45) is 14.5. The standard InChI is InChI=1S/C26H41NO4/c1-6-22(27(29)30)15-13-11-9-7-8-10-12-14-17-26(5)18-16-23-21(4)24(28)19(2)20(3)25(23)31-26/h6,28H,7-18H2,1-5H3/b22-6-. The molecule has 1 heterocycles. The Kier molecular flexibility index (Phi) is 9.39. The summed E-state index contributed by atoms with van der Waals surface area (Å²) in [7, 11) is 0. The zero-order chi connectivity index (χ0) is 23.0. The number of phenolic OH excluding ortho intramolecular Hbond substituents is 1. The molecule has 1 aliphatic heterocycles. The number of allylic oxidation sites excluding steroid dienone is 2. The van der Waals surface area contributed by atoms with Gasteiger partial charge in [0.1, 0.15) is 17.1 Å². The van der Waals surface area contributed by atoms with Gasteiger partial charge in [0, 0.05) is 12.0 Å². The zero-order valence-electron chi connectivity index (χ0n) is 20.2. The minimum atomic E-state index is -0.261. The van der Waals surface area contributed by atoms with Crippen LogP contribution in [0.15, 0.2) is 11.8 Å². The number of phenols is 1. The number of benzene rings is 1. The Hall–Kier alpha value is -2.04. The predicted octanol–water partition coefficient (Wildman–Crippen LogP) is 7.48. The second-order valence-corrected chi connectivity index (χ2v) is 9.45. The maximum atomic E-state index is 10.8. The van der Waals surface area contributed by atoms with Gasteiger partial charge in [0.2, 0.25) is 5.70 Å². The number of rotatable bonds is 12. The van der Waals surface area contributed by atoms with E-state index >= 15 is 0 Å². The van der Waals surface area contributed by atoms with E-state index in [0.29, 0.717) is 17.9 Å². The van der Waals surface area contributed by atoms with Gasteiger partial charge in [0.15, 0.2) is 0 Å². The highest BCUT2D eigenvalue weighted by Crippen LogP contribution is 2.44. The third-order valence-electron chi connectivity index (χ3n) is 7.05. The van der Waals surface area contributed by atoms with Gasteiger partial charge in [-0.15, -0.1) is 0 Å². The summed E-state index contributed by atoms with van der Waals surface area (Å²) in [4.78, 5) is 10.5. The Morgan fingerprint density at radius 1 is 1.03 bits per heavy atom. The Balaban J connectivity index is 1.65. The van der Waals surface area contributed by atoms with Crippen LogP contribution in [0, 0.1) is 30.9 Å². The van der Waals surface area contributed by atoms with Crippen molar-refractivity contribution < 1.29 is 14.8 Å². The Labute approximate surface area is 188 Å². The van der Waals surface area contributed by atoms with Gasteiger partial charge >= 0.3 is 0 Å². The molecule has 5 nitrogen and oxygen atoms in total. The maximum Gasteiger partial charge on any atom is 0.242 e. The third-order valence-corrected chi connectivity index (χ3v) is 7.05. The van der Waals surface area contributed by atoms with Crippen LogP contribution in [0.5, 0.6) is 11.5 Å². The molecule has 2 rings (SSSR count). The normalized spacial score (nSPS) is 18.5. The van der Waals surface area contributed by atoms with E-state index < -0.39 is 0 Å². The molecule has 0 saturated carbocycles. The van der Waals surface area contributed by atoms with Gasteiger partial charge in [-0.1, -0.05) is 38.5 Å². The number of fused-ring (bicyclic) bond motifs is 1. The number of aromatic hydroxyl groups is 1.